The molecule has 0 saturated carbocycles. The van der Waals surface area contributed by atoms with Gasteiger partial charge in [-0.3, -0.25) is 4.79 Å². The Labute approximate surface area is 196 Å². The van der Waals surface area contributed by atoms with Crippen LogP contribution in [0.3, 0.4) is 0 Å². The number of hydrogen-bond acceptors (Lipinski definition) is 2. The molecule has 0 aliphatic rings. The number of nitrogens with zero attached hydrogens (tertiary/aromatic N) is 2. The predicted octanol–water partition coefficient (Wildman–Crippen LogP) is 6.76. The molecule has 4 nitrogen and oxygen atoms in total. The quantitative estimate of drug-likeness (QED) is 0.347. The van der Waals surface area contributed by atoms with E-state index in [-0.39, 0.29) is 11.9 Å². The second kappa shape index (κ2) is 9.86. The highest BCUT2D eigenvalue weighted by Crippen LogP contribution is 2.30. The lowest BCUT2D eigenvalue weighted by Gasteiger charge is -2.18. The lowest BCUT2D eigenvalue weighted by Crippen LogP contribution is -2.30. The zero-order valence-corrected chi connectivity index (χ0v) is 19.7. The minimum Gasteiger partial charge on any atom is -0.344 e. The minimum absolute atomic E-state index is 0.0649. The van der Waals surface area contributed by atoms with Gasteiger partial charge in [0.2, 0.25) is 0 Å². The van der Waals surface area contributed by atoms with Gasteiger partial charge < -0.3 is 9.88 Å². The fraction of sp³-hybridized carbons (Fsp3) is 0.241. The van der Waals surface area contributed by atoms with Crippen molar-refractivity contribution < 1.29 is 4.79 Å². The molecular weight excluding hydrogens is 406 g/mol. The highest BCUT2D eigenvalue weighted by Gasteiger charge is 2.25. The summed E-state index contributed by atoms with van der Waals surface area (Å²) in [6.45, 7) is 6.44. The van der Waals surface area contributed by atoms with Crippen LogP contribution in [-0.2, 0) is 7.05 Å². The highest BCUT2D eigenvalue weighted by molar-refractivity contribution is 5.99. The van der Waals surface area contributed by atoms with Gasteiger partial charge in [-0.25, -0.2) is 4.98 Å². The molecule has 1 aromatic heterocycles. The van der Waals surface area contributed by atoms with E-state index >= 15 is 0 Å². The maximum Gasteiger partial charge on any atom is 0.270 e. The van der Waals surface area contributed by atoms with Gasteiger partial charge >= 0.3 is 0 Å². The Hall–Kier alpha value is -3.66. The summed E-state index contributed by atoms with van der Waals surface area (Å²) in [5, 5.41) is 3.24. The van der Waals surface area contributed by atoms with Gasteiger partial charge in [0.15, 0.2) is 0 Å². The molecule has 168 valence electrons. The summed E-state index contributed by atoms with van der Waals surface area (Å²) < 4.78 is 1.91. The normalized spacial score (nSPS) is 12.0. The number of amides is 1. The molecule has 4 aromatic rings. The van der Waals surface area contributed by atoms with E-state index in [9.17, 15) is 4.79 Å². The lowest BCUT2D eigenvalue weighted by atomic mass is 10.00. The van der Waals surface area contributed by atoms with Crippen LogP contribution in [0, 0.1) is 0 Å². The molecule has 4 rings (SSSR count). The van der Waals surface area contributed by atoms with E-state index in [0.29, 0.717) is 17.3 Å². The summed E-state index contributed by atoms with van der Waals surface area (Å²) in [4.78, 5) is 18.6. The van der Waals surface area contributed by atoms with Crippen LogP contribution < -0.4 is 5.32 Å². The van der Waals surface area contributed by atoms with Gasteiger partial charge in [-0.15, -0.1) is 0 Å². The number of hydrogen-bond donors (Lipinski definition) is 1. The Bertz CT molecular complexity index is 1210. The Morgan fingerprint density at radius 1 is 0.848 bits per heavy atom. The van der Waals surface area contributed by atoms with Crippen molar-refractivity contribution in [3.8, 4) is 22.6 Å². The number of nitrogens with one attached hydrogen (secondary N) is 1. The molecule has 0 aliphatic carbocycles. The molecule has 0 spiro atoms. The summed E-state index contributed by atoms with van der Waals surface area (Å²) in [5.41, 5.74) is 5.55. The van der Waals surface area contributed by atoms with Crippen molar-refractivity contribution in [3.05, 3.63) is 102 Å². The SMILES string of the molecule is CCC(NC(=O)c1c(-c2ccc(C(C)C)cc2)nc(-c2ccccc2)n1C)c1ccccc1. The Balaban J connectivity index is 1.78. The van der Waals surface area contributed by atoms with E-state index in [1.54, 1.807) is 0 Å². The van der Waals surface area contributed by atoms with E-state index in [1.165, 1.54) is 5.56 Å². The topological polar surface area (TPSA) is 46.9 Å². The fourth-order valence-corrected chi connectivity index (χ4v) is 4.16. The van der Waals surface area contributed by atoms with Crippen molar-refractivity contribution in [3.63, 3.8) is 0 Å². The molecule has 0 bridgehead atoms. The van der Waals surface area contributed by atoms with E-state index in [2.05, 4.69) is 62.5 Å². The number of benzene rings is 3. The minimum atomic E-state index is -0.120. The Kier molecular flexibility index (Phi) is 6.74. The Morgan fingerprint density at radius 3 is 2.03 bits per heavy atom. The maximum absolute atomic E-state index is 13.7. The second-order valence-electron chi connectivity index (χ2n) is 8.68. The van der Waals surface area contributed by atoms with Crippen LogP contribution in [0.5, 0.6) is 0 Å². The molecule has 3 aromatic carbocycles. The molecular formula is C29H31N3O. The summed E-state index contributed by atoms with van der Waals surface area (Å²) in [6.07, 6.45) is 0.803. The lowest BCUT2D eigenvalue weighted by molar-refractivity contribution is 0.0928. The first-order valence-electron chi connectivity index (χ1n) is 11.6. The Morgan fingerprint density at radius 2 is 1.45 bits per heavy atom. The van der Waals surface area contributed by atoms with Gasteiger partial charge in [0.1, 0.15) is 17.2 Å². The average Bonchev–Trinajstić information content (AvgIpc) is 3.20. The molecule has 4 heteroatoms. The van der Waals surface area contributed by atoms with Crippen molar-refractivity contribution in [1.82, 2.24) is 14.9 Å². The zero-order valence-electron chi connectivity index (χ0n) is 19.7. The maximum atomic E-state index is 13.7. The van der Waals surface area contributed by atoms with Crippen LogP contribution >= 0.6 is 0 Å². The van der Waals surface area contributed by atoms with Crippen LogP contribution in [-0.4, -0.2) is 15.5 Å². The monoisotopic (exact) mass is 437 g/mol. The van der Waals surface area contributed by atoms with Gasteiger partial charge in [-0.2, -0.15) is 0 Å². The smallest absolute Gasteiger partial charge is 0.270 e. The summed E-state index contributed by atoms with van der Waals surface area (Å²) in [6, 6.07) is 28.4. The number of carbonyl (C=O) groups excluding carboxylic acids is 1. The second-order valence-corrected chi connectivity index (χ2v) is 8.68. The molecule has 0 aliphatic heterocycles. The largest absolute Gasteiger partial charge is 0.344 e. The van der Waals surface area contributed by atoms with E-state index in [1.807, 2.05) is 60.1 Å². The number of carbonyl (C=O) groups is 1. The third-order valence-corrected chi connectivity index (χ3v) is 6.11. The van der Waals surface area contributed by atoms with Crippen LogP contribution in [0.15, 0.2) is 84.9 Å². The fourth-order valence-electron chi connectivity index (χ4n) is 4.16. The molecule has 1 amide bonds. The molecule has 1 atom stereocenters. The van der Waals surface area contributed by atoms with Crippen LogP contribution in [0.4, 0.5) is 0 Å². The van der Waals surface area contributed by atoms with E-state index in [4.69, 9.17) is 4.98 Å². The molecule has 1 N–H and O–H groups in total. The van der Waals surface area contributed by atoms with Crippen molar-refractivity contribution in [2.45, 2.75) is 39.2 Å². The third-order valence-electron chi connectivity index (χ3n) is 6.11. The molecule has 0 fully saturated rings. The van der Waals surface area contributed by atoms with Crippen molar-refractivity contribution in [1.29, 1.82) is 0 Å². The van der Waals surface area contributed by atoms with Crippen LogP contribution in [0.1, 0.15) is 60.8 Å². The highest BCUT2D eigenvalue weighted by atomic mass is 16.2. The summed E-state index contributed by atoms with van der Waals surface area (Å²) in [5.74, 6) is 1.10. The zero-order chi connectivity index (χ0) is 23.4. The number of aromatic nitrogens is 2. The molecule has 0 radical (unpaired) electrons. The van der Waals surface area contributed by atoms with Crippen LogP contribution in [0.25, 0.3) is 22.6 Å². The van der Waals surface area contributed by atoms with Crippen LogP contribution in [0.2, 0.25) is 0 Å². The number of rotatable bonds is 7. The van der Waals surface area contributed by atoms with Crippen molar-refractivity contribution in [2.24, 2.45) is 7.05 Å². The van der Waals surface area contributed by atoms with Crippen molar-refractivity contribution in [2.75, 3.05) is 0 Å². The van der Waals surface area contributed by atoms with Gasteiger partial charge in [0.05, 0.1) is 6.04 Å². The van der Waals surface area contributed by atoms with E-state index < -0.39 is 0 Å². The van der Waals surface area contributed by atoms with Gasteiger partial charge in [0.25, 0.3) is 5.91 Å². The molecule has 1 heterocycles. The molecule has 1 unspecified atom stereocenters. The van der Waals surface area contributed by atoms with E-state index in [0.717, 1.165) is 28.9 Å². The van der Waals surface area contributed by atoms with Gasteiger partial charge in [-0.05, 0) is 23.5 Å². The van der Waals surface area contributed by atoms with Gasteiger partial charge in [0, 0.05) is 18.2 Å². The predicted molar refractivity (Wildman–Crippen MR) is 135 cm³/mol. The third kappa shape index (κ3) is 4.75. The number of imidazole rings is 1. The first kappa shape index (κ1) is 22.5. The first-order chi connectivity index (χ1) is 16.0. The first-order valence-corrected chi connectivity index (χ1v) is 11.6. The van der Waals surface area contributed by atoms with Gasteiger partial charge in [-0.1, -0.05) is 106 Å². The molecule has 33 heavy (non-hydrogen) atoms. The van der Waals surface area contributed by atoms with Crippen molar-refractivity contribution >= 4 is 5.91 Å². The average molecular weight is 438 g/mol. The summed E-state index contributed by atoms with van der Waals surface area (Å²) >= 11 is 0. The molecule has 0 saturated heterocycles. The summed E-state index contributed by atoms with van der Waals surface area (Å²) in [7, 11) is 1.92. The standard InChI is InChI=1S/C29H31N3O/c1-5-25(22-12-8-6-9-13-22)30-29(33)27-26(23-18-16-21(17-19-23)20(2)3)31-28(32(27)4)24-14-10-7-11-15-24/h6-20,25H,5H2,1-4H3,(H,30,33).